The van der Waals surface area contributed by atoms with Gasteiger partial charge in [0.05, 0.1) is 6.10 Å². The highest BCUT2D eigenvalue weighted by molar-refractivity contribution is 6.30. The van der Waals surface area contributed by atoms with Gasteiger partial charge in [-0.15, -0.1) is 0 Å². The first-order valence-electron chi connectivity index (χ1n) is 8.12. The smallest absolute Gasteiger partial charge is 0.0917 e. The summed E-state index contributed by atoms with van der Waals surface area (Å²) in [6.07, 6.45) is 4.80. The molecule has 2 heterocycles. The second-order valence-corrected chi connectivity index (χ2v) is 6.81. The molecule has 116 valence electrons. The second kappa shape index (κ2) is 7.10. The average molecular weight is 309 g/mol. The van der Waals surface area contributed by atoms with Crippen molar-refractivity contribution in [2.24, 2.45) is 0 Å². The van der Waals surface area contributed by atoms with Crippen LogP contribution in [0.15, 0.2) is 24.3 Å². The molecule has 2 aliphatic rings. The van der Waals surface area contributed by atoms with E-state index in [1.165, 1.54) is 38.8 Å². The molecule has 21 heavy (non-hydrogen) atoms. The number of hydrogen-bond donors (Lipinski definition) is 1. The number of piperidine rings is 1. The largest absolute Gasteiger partial charge is 0.387 e. The summed E-state index contributed by atoms with van der Waals surface area (Å²) in [6, 6.07) is 8.27. The lowest BCUT2D eigenvalue weighted by Gasteiger charge is -2.38. The van der Waals surface area contributed by atoms with Crippen LogP contribution in [0.25, 0.3) is 0 Å². The molecule has 2 aliphatic heterocycles. The summed E-state index contributed by atoms with van der Waals surface area (Å²) in [7, 11) is 0. The summed E-state index contributed by atoms with van der Waals surface area (Å²) in [4.78, 5) is 5.05. The lowest BCUT2D eigenvalue weighted by Crippen LogP contribution is -2.47. The quantitative estimate of drug-likeness (QED) is 0.926. The molecule has 0 bridgehead atoms. The van der Waals surface area contributed by atoms with Gasteiger partial charge in [-0.3, -0.25) is 9.80 Å². The Balaban J connectivity index is 1.56. The summed E-state index contributed by atoms with van der Waals surface area (Å²) >= 11 is 6.01. The number of rotatable bonds is 4. The number of halogens is 1. The van der Waals surface area contributed by atoms with Gasteiger partial charge in [-0.05, 0) is 63.0 Å². The van der Waals surface area contributed by atoms with Gasteiger partial charge in [-0.25, -0.2) is 0 Å². The highest BCUT2D eigenvalue weighted by atomic mass is 35.5. The average Bonchev–Trinajstić information content (AvgIpc) is 3.02. The maximum Gasteiger partial charge on any atom is 0.0917 e. The Kier molecular flexibility index (Phi) is 5.17. The number of aliphatic hydroxyl groups excluding tert-OH is 1. The SMILES string of the molecule is OC(CN1CCCC(N2CCCC2)C1)c1cccc(Cl)c1. The zero-order chi connectivity index (χ0) is 14.7. The Labute approximate surface area is 132 Å². The first-order chi connectivity index (χ1) is 10.2. The van der Waals surface area contributed by atoms with Gasteiger partial charge in [0, 0.05) is 24.2 Å². The van der Waals surface area contributed by atoms with Crippen LogP contribution in [-0.4, -0.2) is 53.7 Å². The molecule has 1 aromatic rings. The Bertz CT molecular complexity index is 462. The molecule has 1 N–H and O–H groups in total. The van der Waals surface area contributed by atoms with Gasteiger partial charge in [-0.1, -0.05) is 23.7 Å². The van der Waals surface area contributed by atoms with E-state index >= 15 is 0 Å². The highest BCUT2D eigenvalue weighted by Gasteiger charge is 2.28. The van der Waals surface area contributed by atoms with Gasteiger partial charge < -0.3 is 5.11 Å². The maximum atomic E-state index is 10.4. The molecule has 0 aliphatic carbocycles. The third-order valence-corrected chi connectivity index (χ3v) is 5.04. The van der Waals surface area contributed by atoms with E-state index in [1.807, 2.05) is 24.3 Å². The molecule has 1 aromatic carbocycles. The molecule has 0 radical (unpaired) electrons. The van der Waals surface area contributed by atoms with Crippen LogP contribution >= 0.6 is 11.6 Å². The number of β-amino-alcohol motifs (C(OH)–C–C–N with tert-alkyl or cyclic N) is 1. The van der Waals surface area contributed by atoms with Gasteiger partial charge in [0.15, 0.2) is 0 Å². The number of likely N-dealkylation sites (tertiary alicyclic amines) is 2. The van der Waals surface area contributed by atoms with Crippen LogP contribution in [0, 0.1) is 0 Å². The summed E-state index contributed by atoms with van der Waals surface area (Å²) in [6.45, 7) is 5.43. The van der Waals surface area contributed by atoms with Gasteiger partial charge in [0.25, 0.3) is 0 Å². The second-order valence-electron chi connectivity index (χ2n) is 6.37. The highest BCUT2D eigenvalue weighted by Crippen LogP contribution is 2.23. The summed E-state index contributed by atoms with van der Waals surface area (Å²) in [5, 5.41) is 11.1. The fourth-order valence-electron chi connectivity index (χ4n) is 3.67. The van der Waals surface area contributed by atoms with E-state index in [1.54, 1.807) is 0 Å². The van der Waals surface area contributed by atoms with Crippen LogP contribution in [0.4, 0.5) is 0 Å². The van der Waals surface area contributed by atoms with Crippen molar-refractivity contribution in [3.8, 4) is 0 Å². The normalized spacial score (nSPS) is 26.1. The minimum absolute atomic E-state index is 0.443. The molecule has 0 spiro atoms. The van der Waals surface area contributed by atoms with Crippen molar-refractivity contribution < 1.29 is 5.11 Å². The van der Waals surface area contributed by atoms with Crippen LogP contribution < -0.4 is 0 Å². The molecule has 2 fully saturated rings. The molecule has 2 unspecified atom stereocenters. The summed E-state index contributed by atoms with van der Waals surface area (Å²) in [5.74, 6) is 0. The van der Waals surface area contributed by atoms with Gasteiger partial charge in [0.2, 0.25) is 0 Å². The van der Waals surface area contributed by atoms with Gasteiger partial charge in [-0.2, -0.15) is 0 Å². The predicted molar refractivity (Wildman–Crippen MR) is 86.7 cm³/mol. The minimum atomic E-state index is -0.443. The van der Waals surface area contributed by atoms with E-state index in [4.69, 9.17) is 11.6 Å². The van der Waals surface area contributed by atoms with E-state index in [9.17, 15) is 5.11 Å². The van der Waals surface area contributed by atoms with E-state index in [2.05, 4.69) is 9.80 Å². The van der Waals surface area contributed by atoms with Crippen LogP contribution in [0.5, 0.6) is 0 Å². The number of aliphatic hydroxyl groups is 1. The van der Waals surface area contributed by atoms with Crippen molar-refractivity contribution >= 4 is 11.6 Å². The van der Waals surface area contributed by atoms with Crippen LogP contribution in [0.3, 0.4) is 0 Å². The van der Waals surface area contributed by atoms with Crippen LogP contribution in [0.2, 0.25) is 5.02 Å². The minimum Gasteiger partial charge on any atom is -0.387 e. The number of benzene rings is 1. The van der Waals surface area contributed by atoms with Crippen molar-refractivity contribution in [1.82, 2.24) is 9.80 Å². The third kappa shape index (κ3) is 3.98. The Morgan fingerprint density at radius 3 is 2.76 bits per heavy atom. The molecule has 0 amide bonds. The molecule has 3 rings (SSSR count). The Hall–Kier alpha value is -0.610. The lowest BCUT2D eigenvalue weighted by atomic mass is 10.0. The predicted octanol–water partition coefficient (Wildman–Crippen LogP) is 2.93. The van der Waals surface area contributed by atoms with Crippen molar-refractivity contribution in [3.05, 3.63) is 34.9 Å². The van der Waals surface area contributed by atoms with E-state index in [0.717, 1.165) is 18.7 Å². The van der Waals surface area contributed by atoms with Gasteiger partial charge in [0.1, 0.15) is 0 Å². The zero-order valence-electron chi connectivity index (χ0n) is 12.5. The molecular formula is C17H25ClN2O. The van der Waals surface area contributed by atoms with Crippen LogP contribution in [0.1, 0.15) is 37.4 Å². The molecular weight excluding hydrogens is 284 g/mol. The monoisotopic (exact) mass is 308 g/mol. The molecule has 4 heteroatoms. The lowest BCUT2D eigenvalue weighted by molar-refractivity contribution is 0.0651. The van der Waals surface area contributed by atoms with Crippen molar-refractivity contribution in [3.63, 3.8) is 0 Å². The first-order valence-corrected chi connectivity index (χ1v) is 8.50. The molecule has 0 aromatic heterocycles. The van der Waals surface area contributed by atoms with E-state index in [-0.39, 0.29) is 0 Å². The molecule has 3 nitrogen and oxygen atoms in total. The maximum absolute atomic E-state index is 10.4. The number of nitrogens with zero attached hydrogens (tertiary/aromatic N) is 2. The third-order valence-electron chi connectivity index (χ3n) is 4.80. The summed E-state index contributed by atoms with van der Waals surface area (Å²) < 4.78 is 0. The fourth-order valence-corrected chi connectivity index (χ4v) is 3.86. The number of hydrogen-bond acceptors (Lipinski definition) is 3. The van der Waals surface area contributed by atoms with Crippen LogP contribution in [-0.2, 0) is 0 Å². The van der Waals surface area contributed by atoms with Gasteiger partial charge >= 0.3 is 0 Å². The molecule has 2 saturated heterocycles. The molecule has 2 atom stereocenters. The zero-order valence-corrected chi connectivity index (χ0v) is 13.3. The topological polar surface area (TPSA) is 26.7 Å². The molecule has 0 saturated carbocycles. The van der Waals surface area contributed by atoms with Crippen molar-refractivity contribution in [1.29, 1.82) is 0 Å². The Morgan fingerprint density at radius 1 is 1.19 bits per heavy atom. The van der Waals surface area contributed by atoms with Crippen molar-refractivity contribution in [2.45, 2.75) is 37.8 Å². The van der Waals surface area contributed by atoms with Crippen molar-refractivity contribution in [2.75, 3.05) is 32.7 Å². The Morgan fingerprint density at radius 2 is 2.00 bits per heavy atom. The van der Waals surface area contributed by atoms with E-state index in [0.29, 0.717) is 17.6 Å². The fraction of sp³-hybridized carbons (Fsp3) is 0.647. The van der Waals surface area contributed by atoms with E-state index < -0.39 is 6.10 Å². The first kappa shape index (κ1) is 15.3. The summed E-state index contributed by atoms with van der Waals surface area (Å²) in [5.41, 5.74) is 0.922. The standard InChI is InChI=1S/C17H25ClN2O/c18-15-6-3-5-14(11-15)17(21)13-19-8-4-7-16(12-19)20-9-1-2-10-20/h3,5-6,11,16-17,21H,1-2,4,7-10,12-13H2.